The van der Waals surface area contributed by atoms with Crippen LogP contribution in [0, 0.1) is 18.8 Å². The summed E-state index contributed by atoms with van der Waals surface area (Å²) < 4.78 is 47.3. The third-order valence-corrected chi connectivity index (χ3v) is 8.60. The Labute approximate surface area is 239 Å². The summed E-state index contributed by atoms with van der Waals surface area (Å²) >= 11 is 0. The number of carbonyl (C=O) groups excluding carboxylic acids is 2. The van der Waals surface area contributed by atoms with Gasteiger partial charge < -0.3 is 24.5 Å². The maximum Gasteiger partial charge on any atom is 0.430 e. The third-order valence-electron chi connectivity index (χ3n) is 8.60. The number of halogens is 3. The minimum Gasteiger partial charge on any atom is -0.497 e. The number of aliphatic hydroxyl groups is 1. The second-order valence-corrected chi connectivity index (χ2v) is 11.5. The number of piperidine rings is 1. The number of hydrogen-bond acceptors (Lipinski definition) is 6. The van der Waals surface area contributed by atoms with E-state index in [9.17, 15) is 27.9 Å². The summed E-state index contributed by atoms with van der Waals surface area (Å²) in [6, 6.07) is 8.27. The van der Waals surface area contributed by atoms with Gasteiger partial charge in [0.1, 0.15) is 11.6 Å². The lowest BCUT2D eigenvalue weighted by atomic mass is 9.72. The summed E-state index contributed by atoms with van der Waals surface area (Å²) in [7, 11) is 6.07. The van der Waals surface area contributed by atoms with Crippen LogP contribution < -0.4 is 9.64 Å². The summed E-state index contributed by atoms with van der Waals surface area (Å²) in [6.45, 7) is 3.52. The number of anilines is 1. The molecule has 0 radical (unpaired) electrons. The number of pyridine rings is 1. The van der Waals surface area contributed by atoms with Gasteiger partial charge in [0.15, 0.2) is 0 Å². The molecular formula is C30H39F3N4O4. The van der Waals surface area contributed by atoms with E-state index in [0.717, 1.165) is 55.2 Å². The number of carbonyl (C=O) groups is 2. The SMILES string of the molecule is COc1cccc(C(O)(C(=O)N(C)C2CC(CC3CCN(c4ccc(C(=O)N(C)C)c(C)n4)CC3)C2)C(F)(F)F)c1. The largest absolute Gasteiger partial charge is 0.497 e. The summed E-state index contributed by atoms with van der Waals surface area (Å²) in [5, 5.41) is 10.8. The van der Waals surface area contributed by atoms with Crippen LogP contribution in [0.4, 0.5) is 19.0 Å². The van der Waals surface area contributed by atoms with Gasteiger partial charge in [-0.3, -0.25) is 9.59 Å². The van der Waals surface area contributed by atoms with Crippen LogP contribution in [0.1, 0.15) is 53.7 Å². The molecule has 11 heteroatoms. The van der Waals surface area contributed by atoms with E-state index in [2.05, 4.69) is 9.88 Å². The molecule has 1 saturated heterocycles. The molecule has 1 N–H and O–H groups in total. The molecule has 1 aliphatic heterocycles. The summed E-state index contributed by atoms with van der Waals surface area (Å²) in [5.41, 5.74) is -2.92. The molecule has 224 valence electrons. The normalized spacial score (nSPS) is 21.0. The number of nitrogens with zero attached hydrogens (tertiary/aromatic N) is 4. The topological polar surface area (TPSA) is 86.2 Å². The van der Waals surface area contributed by atoms with E-state index in [4.69, 9.17) is 4.74 Å². The van der Waals surface area contributed by atoms with Crippen molar-refractivity contribution in [3.8, 4) is 5.75 Å². The summed E-state index contributed by atoms with van der Waals surface area (Å²) in [6.07, 6.45) is -1.09. The molecule has 1 aromatic heterocycles. The van der Waals surface area contributed by atoms with Gasteiger partial charge in [-0.25, -0.2) is 4.98 Å². The van der Waals surface area contributed by atoms with E-state index >= 15 is 0 Å². The first kappa shape index (κ1) is 30.6. The van der Waals surface area contributed by atoms with Crippen LogP contribution in [0.15, 0.2) is 36.4 Å². The van der Waals surface area contributed by atoms with Gasteiger partial charge in [-0.05, 0) is 75.1 Å². The molecule has 0 bridgehead atoms. The number of aromatic nitrogens is 1. The fourth-order valence-corrected chi connectivity index (χ4v) is 5.95. The Morgan fingerprint density at radius 1 is 1.07 bits per heavy atom. The van der Waals surface area contributed by atoms with E-state index in [1.165, 1.54) is 31.2 Å². The fraction of sp³-hybridized carbons (Fsp3) is 0.567. The summed E-state index contributed by atoms with van der Waals surface area (Å²) in [4.78, 5) is 34.9. The quantitative estimate of drug-likeness (QED) is 0.502. The number of alkyl halides is 3. The molecule has 2 heterocycles. The Hall–Kier alpha value is -3.34. The van der Waals surface area contributed by atoms with Gasteiger partial charge in [-0.1, -0.05) is 12.1 Å². The van der Waals surface area contributed by atoms with E-state index in [0.29, 0.717) is 35.9 Å². The molecule has 1 unspecified atom stereocenters. The number of aryl methyl sites for hydroxylation is 1. The first-order chi connectivity index (χ1) is 19.3. The van der Waals surface area contributed by atoms with Crippen LogP contribution >= 0.6 is 0 Å². The number of benzene rings is 1. The zero-order valence-electron chi connectivity index (χ0n) is 24.2. The van der Waals surface area contributed by atoms with Crippen molar-refractivity contribution in [2.24, 2.45) is 11.8 Å². The first-order valence-electron chi connectivity index (χ1n) is 13.9. The van der Waals surface area contributed by atoms with Crippen molar-refractivity contribution in [2.75, 3.05) is 46.2 Å². The average molecular weight is 577 g/mol. The standard InChI is InChI=1S/C30H39F3N4O4/c1-19-25(27(38)35(2)3)9-10-26(34-19)37-13-11-20(12-14-37)15-21-16-23(17-21)36(4)28(39)29(40,30(31,32)33)22-7-6-8-24(18-22)41-5/h6-10,18,20-21,23,40H,11-17H2,1-5H3. The fourth-order valence-electron chi connectivity index (χ4n) is 5.95. The highest BCUT2D eigenvalue weighted by atomic mass is 19.4. The van der Waals surface area contributed by atoms with Gasteiger partial charge in [0, 0.05) is 45.8 Å². The molecule has 1 atom stereocenters. The third kappa shape index (κ3) is 6.14. The lowest BCUT2D eigenvalue weighted by molar-refractivity contribution is -0.262. The van der Waals surface area contributed by atoms with Crippen molar-refractivity contribution in [1.82, 2.24) is 14.8 Å². The van der Waals surface area contributed by atoms with Gasteiger partial charge in [0.25, 0.3) is 17.4 Å². The monoisotopic (exact) mass is 576 g/mol. The Morgan fingerprint density at radius 3 is 2.29 bits per heavy atom. The van der Waals surface area contributed by atoms with E-state index in [1.54, 1.807) is 14.1 Å². The van der Waals surface area contributed by atoms with Crippen molar-refractivity contribution < 1.29 is 32.6 Å². The van der Waals surface area contributed by atoms with Crippen molar-refractivity contribution >= 4 is 17.6 Å². The molecule has 8 nitrogen and oxygen atoms in total. The van der Waals surface area contributed by atoms with E-state index < -0.39 is 23.2 Å². The van der Waals surface area contributed by atoms with Crippen LogP contribution in [0.3, 0.4) is 0 Å². The molecule has 1 saturated carbocycles. The van der Waals surface area contributed by atoms with E-state index in [-0.39, 0.29) is 17.7 Å². The highest BCUT2D eigenvalue weighted by Gasteiger charge is 2.62. The Morgan fingerprint density at radius 2 is 1.73 bits per heavy atom. The van der Waals surface area contributed by atoms with Crippen LogP contribution in [0.25, 0.3) is 0 Å². The maximum atomic E-state index is 14.1. The lowest BCUT2D eigenvalue weighted by Gasteiger charge is -2.45. The molecule has 0 spiro atoms. The number of hydrogen-bond donors (Lipinski definition) is 1. The predicted octanol–water partition coefficient (Wildman–Crippen LogP) is 4.39. The smallest absolute Gasteiger partial charge is 0.430 e. The van der Waals surface area contributed by atoms with Gasteiger partial charge in [-0.15, -0.1) is 0 Å². The molecule has 4 rings (SSSR count). The van der Waals surface area contributed by atoms with E-state index in [1.807, 2.05) is 19.1 Å². The molecule has 1 aliphatic carbocycles. The number of ether oxygens (including phenoxy) is 1. The highest BCUT2D eigenvalue weighted by molar-refractivity contribution is 5.95. The number of likely N-dealkylation sites (N-methyl/N-ethyl adjacent to an activating group) is 1. The molecule has 41 heavy (non-hydrogen) atoms. The minimum absolute atomic E-state index is 0.0743. The van der Waals surface area contributed by atoms with Crippen molar-refractivity contribution in [2.45, 2.75) is 56.8 Å². The molecule has 2 amide bonds. The average Bonchev–Trinajstić information content (AvgIpc) is 2.92. The maximum absolute atomic E-state index is 14.1. The zero-order valence-corrected chi connectivity index (χ0v) is 24.2. The zero-order chi connectivity index (χ0) is 30.1. The number of amides is 2. The van der Waals surface area contributed by atoms with Gasteiger partial charge >= 0.3 is 6.18 Å². The van der Waals surface area contributed by atoms with Gasteiger partial charge in [0.05, 0.1) is 18.4 Å². The molecular weight excluding hydrogens is 537 g/mol. The predicted molar refractivity (Wildman–Crippen MR) is 149 cm³/mol. The Balaban J connectivity index is 1.30. The Kier molecular flexibility index (Phi) is 8.87. The van der Waals surface area contributed by atoms with Crippen LogP contribution in [0.5, 0.6) is 5.75 Å². The summed E-state index contributed by atoms with van der Waals surface area (Å²) in [5.74, 6) is 0.328. The highest BCUT2D eigenvalue weighted by Crippen LogP contribution is 2.44. The van der Waals surface area contributed by atoms with Gasteiger partial charge in [-0.2, -0.15) is 13.2 Å². The number of rotatable bonds is 8. The second-order valence-electron chi connectivity index (χ2n) is 11.5. The van der Waals surface area contributed by atoms with Crippen LogP contribution in [-0.4, -0.2) is 85.3 Å². The molecule has 1 aromatic carbocycles. The number of methoxy groups -OCH3 is 1. The van der Waals surface area contributed by atoms with Crippen LogP contribution in [0.2, 0.25) is 0 Å². The van der Waals surface area contributed by atoms with Gasteiger partial charge in [0.2, 0.25) is 0 Å². The van der Waals surface area contributed by atoms with Crippen LogP contribution in [-0.2, 0) is 10.4 Å². The second kappa shape index (κ2) is 11.9. The molecule has 2 aliphatic rings. The van der Waals surface area contributed by atoms with Crippen molar-refractivity contribution in [3.63, 3.8) is 0 Å². The van der Waals surface area contributed by atoms with Crippen molar-refractivity contribution in [3.05, 3.63) is 53.2 Å². The molecule has 2 fully saturated rings. The minimum atomic E-state index is -5.20. The van der Waals surface area contributed by atoms with Crippen molar-refractivity contribution in [1.29, 1.82) is 0 Å². The molecule has 2 aromatic rings. The Bertz CT molecular complexity index is 1260. The first-order valence-corrected chi connectivity index (χ1v) is 13.9. The lowest BCUT2D eigenvalue weighted by Crippen LogP contribution is -2.58.